The van der Waals surface area contributed by atoms with Crippen molar-refractivity contribution in [2.45, 2.75) is 64.8 Å². The maximum absolute atomic E-state index is 13.4. The summed E-state index contributed by atoms with van der Waals surface area (Å²) in [5, 5.41) is 10.4. The van der Waals surface area contributed by atoms with Crippen LogP contribution in [0.25, 0.3) is 0 Å². The minimum absolute atomic E-state index is 0.00935. The van der Waals surface area contributed by atoms with E-state index in [1.165, 1.54) is 0 Å². The van der Waals surface area contributed by atoms with E-state index in [1.54, 1.807) is 7.11 Å². The maximum Gasteiger partial charge on any atom is 0.308 e. The number of likely N-dealkylation sites (tertiary alicyclic amines) is 1. The van der Waals surface area contributed by atoms with E-state index in [-0.39, 0.29) is 31.2 Å². The van der Waals surface area contributed by atoms with Crippen LogP contribution in [0.4, 0.5) is 0 Å². The lowest BCUT2D eigenvalue weighted by Gasteiger charge is -2.31. The molecule has 0 spiro atoms. The van der Waals surface area contributed by atoms with E-state index in [0.29, 0.717) is 49.3 Å². The standard InChI is InChI=1S/C27H43N3O6/c1-5-7-10-29(11-9-28)24(31)16-30-15-20(25(27(32)33)21(30)12-18(3)8-6-2)19-13-22(34-4)26-23(14-19)35-17-36-26/h13-14,18,20-21,25H,5-12,15-17,28H2,1-4H3,(H,32,33). The third-order valence-electron chi connectivity index (χ3n) is 7.44. The molecule has 1 saturated heterocycles. The fourth-order valence-corrected chi connectivity index (χ4v) is 5.65. The van der Waals surface area contributed by atoms with Gasteiger partial charge >= 0.3 is 5.97 Å². The van der Waals surface area contributed by atoms with Crippen molar-refractivity contribution in [3.8, 4) is 17.2 Å². The average molecular weight is 506 g/mol. The minimum Gasteiger partial charge on any atom is -0.493 e. The summed E-state index contributed by atoms with van der Waals surface area (Å²) in [6, 6.07) is 3.47. The average Bonchev–Trinajstić information content (AvgIpc) is 3.46. The number of amides is 1. The number of hydrogen-bond donors (Lipinski definition) is 2. The lowest BCUT2D eigenvalue weighted by atomic mass is 9.81. The van der Waals surface area contributed by atoms with Crippen molar-refractivity contribution in [1.82, 2.24) is 9.80 Å². The van der Waals surface area contributed by atoms with Gasteiger partial charge < -0.3 is 30.0 Å². The second kappa shape index (κ2) is 13.1. The third-order valence-corrected chi connectivity index (χ3v) is 7.44. The summed E-state index contributed by atoms with van der Waals surface area (Å²) in [5.41, 5.74) is 6.62. The molecule has 0 radical (unpaired) electrons. The molecule has 3 N–H and O–H groups in total. The molecule has 2 aliphatic rings. The number of fused-ring (bicyclic) bond motifs is 1. The fraction of sp³-hybridized carbons (Fsp3) is 0.704. The number of ether oxygens (including phenoxy) is 3. The maximum atomic E-state index is 13.4. The molecule has 3 rings (SSSR count). The molecule has 0 aliphatic carbocycles. The zero-order chi connectivity index (χ0) is 26.2. The van der Waals surface area contributed by atoms with Crippen LogP contribution >= 0.6 is 0 Å². The molecule has 0 bridgehead atoms. The van der Waals surface area contributed by atoms with Crippen LogP contribution in [0.1, 0.15) is 64.4 Å². The van der Waals surface area contributed by atoms with Gasteiger partial charge in [-0.15, -0.1) is 0 Å². The SMILES string of the molecule is CCCCN(CCN)C(=O)CN1CC(c2cc(OC)c3c(c2)OCO3)C(C(=O)O)C1CC(C)CCC. The molecule has 1 aromatic carbocycles. The van der Waals surface area contributed by atoms with Gasteiger partial charge in [0.2, 0.25) is 18.4 Å². The highest BCUT2D eigenvalue weighted by Gasteiger charge is 2.48. The molecule has 0 saturated carbocycles. The summed E-state index contributed by atoms with van der Waals surface area (Å²) in [4.78, 5) is 30.0. The summed E-state index contributed by atoms with van der Waals surface area (Å²) in [6.45, 7) is 8.76. The molecule has 1 amide bonds. The largest absolute Gasteiger partial charge is 0.493 e. The van der Waals surface area contributed by atoms with Gasteiger partial charge in [-0.1, -0.05) is 40.0 Å². The number of unbranched alkanes of at least 4 members (excludes halogenated alkanes) is 1. The molecule has 0 aromatic heterocycles. The van der Waals surface area contributed by atoms with Gasteiger partial charge in [-0.05, 0) is 36.5 Å². The second-order valence-corrected chi connectivity index (χ2v) is 10.1. The van der Waals surface area contributed by atoms with Crippen LogP contribution in [0.2, 0.25) is 0 Å². The number of methoxy groups -OCH3 is 1. The molecule has 202 valence electrons. The van der Waals surface area contributed by atoms with Gasteiger partial charge in [0.15, 0.2) is 11.5 Å². The van der Waals surface area contributed by atoms with Crippen LogP contribution < -0.4 is 19.9 Å². The van der Waals surface area contributed by atoms with Gasteiger partial charge in [-0.2, -0.15) is 0 Å². The number of rotatable bonds is 14. The Morgan fingerprint density at radius 3 is 2.67 bits per heavy atom. The molecule has 4 unspecified atom stereocenters. The van der Waals surface area contributed by atoms with E-state index in [9.17, 15) is 14.7 Å². The number of benzene rings is 1. The van der Waals surface area contributed by atoms with E-state index >= 15 is 0 Å². The highest BCUT2D eigenvalue weighted by atomic mass is 16.7. The smallest absolute Gasteiger partial charge is 0.308 e. The van der Waals surface area contributed by atoms with E-state index in [4.69, 9.17) is 19.9 Å². The Hall–Kier alpha value is -2.52. The molecular weight excluding hydrogens is 462 g/mol. The summed E-state index contributed by atoms with van der Waals surface area (Å²) in [7, 11) is 1.56. The normalized spacial score (nSPS) is 22.0. The molecule has 2 heterocycles. The van der Waals surface area contributed by atoms with Gasteiger partial charge in [0.25, 0.3) is 0 Å². The van der Waals surface area contributed by atoms with Gasteiger partial charge in [-0.25, -0.2) is 0 Å². The predicted octanol–water partition coefficient (Wildman–Crippen LogP) is 3.31. The Morgan fingerprint density at radius 2 is 2.03 bits per heavy atom. The van der Waals surface area contributed by atoms with Crippen LogP contribution in [-0.4, -0.2) is 79.5 Å². The first-order valence-corrected chi connectivity index (χ1v) is 13.3. The van der Waals surface area contributed by atoms with E-state index in [2.05, 4.69) is 25.7 Å². The molecule has 1 fully saturated rings. The van der Waals surface area contributed by atoms with Crippen LogP contribution in [0.15, 0.2) is 12.1 Å². The molecular formula is C27H43N3O6. The quantitative estimate of drug-likeness (QED) is 0.396. The number of nitrogens with zero attached hydrogens (tertiary/aromatic N) is 2. The van der Waals surface area contributed by atoms with Crippen molar-refractivity contribution in [3.63, 3.8) is 0 Å². The number of aliphatic carboxylic acids is 1. The van der Waals surface area contributed by atoms with Crippen LogP contribution in [0.3, 0.4) is 0 Å². The number of carbonyl (C=O) groups excluding carboxylic acids is 1. The monoisotopic (exact) mass is 505 g/mol. The highest BCUT2D eigenvalue weighted by molar-refractivity contribution is 5.79. The number of carboxylic acid groups (broad SMARTS) is 1. The Kier molecular flexibility index (Phi) is 10.2. The van der Waals surface area contributed by atoms with E-state index in [1.807, 2.05) is 17.0 Å². The van der Waals surface area contributed by atoms with Crippen molar-refractivity contribution < 1.29 is 28.9 Å². The molecule has 1 aromatic rings. The summed E-state index contributed by atoms with van der Waals surface area (Å²) in [6.07, 6.45) is 4.68. The van der Waals surface area contributed by atoms with Crippen molar-refractivity contribution in [1.29, 1.82) is 0 Å². The number of hydrogen-bond acceptors (Lipinski definition) is 7. The minimum atomic E-state index is -0.843. The highest BCUT2D eigenvalue weighted by Crippen LogP contribution is 2.47. The summed E-state index contributed by atoms with van der Waals surface area (Å²) >= 11 is 0. The predicted molar refractivity (Wildman–Crippen MR) is 138 cm³/mol. The summed E-state index contributed by atoms with van der Waals surface area (Å²) < 4.78 is 16.7. The zero-order valence-electron chi connectivity index (χ0n) is 22.2. The number of nitrogens with two attached hydrogens (primary N) is 1. The molecule has 2 aliphatic heterocycles. The third kappa shape index (κ3) is 6.42. The van der Waals surface area contributed by atoms with Crippen molar-refractivity contribution in [2.24, 2.45) is 17.6 Å². The Labute approximate surface area is 214 Å². The van der Waals surface area contributed by atoms with Gasteiger partial charge in [0.1, 0.15) is 0 Å². The first-order valence-electron chi connectivity index (χ1n) is 13.3. The molecule has 9 heteroatoms. The Balaban J connectivity index is 1.93. The Bertz CT molecular complexity index is 895. The Morgan fingerprint density at radius 1 is 1.25 bits per heavy atom. The second-order valence-electron chi connectivity index (χ2n) is 10.1. The fourth-order valence-electron chi connectivity index (χ4n) is 5.65. The van der Waals surface area contributed by atoms with Gasteiger partial charge in [-0.3, -0.25) is 14.5 Å². The van der Waals surface area contributed by atoms with Gasteiger partial charge in [0.05, 0.1) is 19.6 Å². The van der Waals surface area contributed by atoms with Crippen LogP contribution in [-0.2, 0) is 9.59 Å². The topological polar surface area (TPSA) is 115 Å². The number of carboxylic acids is 1. The molecule has 36 heavy (non-hydrogen) atoms. The molecule has 4 atom stereocenters. The lowest BCUT2D eigenvalue weighted by Crippen LogP contribution is -2.46. The first-order chi connectivity index (χ1) is 17.3. The van der Waals surface area contributed by atoms with E-state index in [0.717, 1.165) is 37.7 Å². The van der Waals surface area contributed by atoms with Crippen LogP contribution in [0, 0.1) is 11.8 Å². The van der Waals surface area contributed by atoms with Crippen molar-refractivity contribution >= 4 is 11.9 Å². The van der Waals surface area contributed by atoms with Crippen molar-refractivity contribution in [3.05, 3.63) is 17.7 Å². The van der Waals surface area contributed by atoms with E-state index < -0.39 is 11.9 Å². The van der Waals surface area contributed by atoms with Crippen molar-refractivity contribution in [2.75, 3.05) is 46.6 Å². The number of carbonyl (C=O) groups is 2. The first kappa shape index (κ1) is 28.1. The zero-order valence-corrected chi connectivity index (χ0v) is 22.2. The van der Waals surface area contributed by atoms with Crippen LogP contribution in [0.5, 0.6) is 17.2 Å². The lowest BCUT2D eigenvalue weighted by molar-refractivity contribution is -0.144. The van der Waals surface area contributed by atoms with Gasteiger partial charge in [0, 0.05) is 38.1 Å². The summed E-state index contributed by atoms with van der Waals surface area (Å²) in [5.74, 6) is 0.192. The molecule has 9 nitrogen and oxygen atoms in total.